The molecule has 19 heavy (non-hydrogen) atoms. The Hall–Kier alpha value is -1.96. The number of benzene rings is 1. The number of amides is 1. The highest BCUT2D eigenvalue weighted by Gasteiger charge is 2.13. The number of hydrogen-bond acceptors (Lipinski definition) is 5. The summed E-state index contributed by atoms with van der Waals surface area (Å²) in [5.41, 5.74) is 2.59. The minimum Gasteiger partial charge on any atom is -0.386 e. The number of nitrogens with one attached hydrogen (secondary N) is 1. The van der Waals surface area contributed by atoms with Crippen molar-refractivity contribution in [1.82, 2.24) is 20.2 Å². The molecule has 1 aromatic carbocycles. The summed E-state index contributed by atoms with van der Waals surface area (Å²) in [5, 5.41) is 14.5. The number of halogens is 1. The standard InChI is InChI=1S/C11H12ClN5O2/c12-8-3-1-2-7(4-8)9(18)5-17-6-14-10(16-17)11(19)15-13/h1-4,6,9,18H,5,13H2,(H,15,19). The van der Waals surface area contributed by atoms with Gasteiger partial charge in [-0.05, 0) is 17.7 Å². The highest BCUT2D eigenvalue weighted by atomic mass is 35.5. The Kier molecular flexibility index (Phi) is 4.10. The van der Waals surface area contributed by atoms with Gasteiger partial charge in [-0.3, -0.25) is 10.2 Å². The molecule has 1 heterocycles. The molecule has 7 nitrogen and oxygen atoms in total. The summed E-state index contributed by atoms with van der Waals surface area (Å²) >= 11 is 5.84. The topological polar surface area (TPSA) is 106 Å². The van der Waals surface area contributed by atoms with Crippen molar-refractivity contribution in [2.24, 2.45) is 5.84 Å². The molecule has 0 aliphatic rings. The zero-order valence-corrected chi connectivity index (χ0v) is 10.6. The number of hydrazine groups is 1. The Morgan fingerprint density at radius 1 is 1.58 bits per heavy atom. The third kappa shape index (κ3) is 3.28. The van der Waals surface area contributed by atoms with Gasteiger partial charge in [-0.25, -0.2) is 15.5 Å². The van der Waals surface area contributed by atoms with Crippen molar-refractivity contribution in [1.29, 1.82) is 0 Å². The largest absolute Gasteiger partial charge is 0.386 e. The number of nitrogen functional groups attached to an aromatic ring is 1. The van der Waals surface area contributed by atoms with E-state index in [2.05, 4.69) is 10.1 Å². The van der Waals surface area contributed by atoms with E-state index < -0.39 is 12.0 Å². The van der Waals surface area contributed by atoms with Crippen molar-refractivity contribution < 1.29 is 9.90 Å². The Morgan fingerprint density at radius 2 is 2.37 bits per heavy atom. The highest BCUT2D eigenvalue weighted by molar-refractivity contribution is 6.30. The summed E-state index contributed by atoms with van der Waals surface area (Å²) in [5.74, 6) is 4.33. The fourth-order valence-electron chi connectivity index (χ4n) is 1.55. The smallest absolute Gasteiger partial charge is 0.304 e. The lowest BCUT2D eigenvalue weighted by atomic mass is 10.1. The fraction of sp³-hybridized carbons (Fsp3) is 0.182. The maximum atomic E-state index is 11.2. The lowest BCUT2D eigenvalue weighted by Gasteiger charge is -2.10. The third-order valence-electron chi connectivity index (χ3n) is 2.46. The van der Waals surface area contributed by atoms with Crippen LogP contribution in [-0.4, -0.2) is 25.8 Å². The number of nitrogens with two attached hydrogens (primary N) is 1. The van der Waals surface area contributed by atoms with Crippen molar-refractivity contribution in [2.45, 2.75) is 12.6 Å². The zero-order valence-electron chi connectivity index (χ0n) is 9.82. The number of aliphatic hydroxyl groups is 1. The summed E-state index contributed by atoms with van der Waals surface area (Å²) in [4.78, 5) is 14.9. The molecule has 1 amide bonds. The van der Waals surface area contributed by atoms with Crippen LogP contribution in [-0.2, 0) is 6.54 Å². The van der Waals surface area contributed by atoms with Crippen LogP contribution in [0.5, 0.6) is 0 Å². The van der Waals surface area contributed by atoms with Crippen molar-refractivity contribution >= 4 is 17.5 Å². The molecule has 4 N–H and O–H groups in total. The molecular weight excluding hydrogens is 270 g/mol. The second-order valence-corrected chi connectivity index (χ2v) is 4.27. The van der Waals surface area contributed by atoms with E-state index in [1.165, 1.54) is 11.0 Å². The molecule has 0 bridgehead atoms. The number of aliphatic hydroxyl groups excluding tert-OH is 1. The molecule has 1 aromatic heterocycles. The van der Waals surface area contributed by atoms with Crippen LogP contribution in [0.2, 0.25) is 5.02 Å². The van der Waals surface area contributed by atoms with E-state index in [4.69, 9.17) is 17.4 Å². The molecule has 0 saturated heterocycles. The van der Waals surface area contributed by atoms with E-state index in [1.54, 1.807) is 24.3 Å². The Morgan fingerprint density at radius 3 is 3.05 bits per heavy atom. The van der Waals surface area contributed by atoms with E-state index >= 15 is 0 Å². The van der Waals surface area contributed by atoms with Crippen molar-refractivity contribution in [3.05, 3.63) is 47.0 Å². The number of carbonyl (C=O) groups excluding carboxylic acids is 1. The number of carbonyl (C=O) groups is 1. The van der Waals surface area contributed by atoms with Gasteiger partial charge >= 0.3 is 5.91 Å². The van der Waals surface area contributed by atoms with Crippen LogP contribution in [0.15, 0.2) is 30.6 Å². The van der Waals surface area contributed by atoms with Crippen LogP contribution in [0, 0.1) is 0 Å². The van der Waals surface area contributed by atoms with Crippen molar-refractivity contribution in [3.63, 3.8) is 0 Å². The lowest BCUT2D eigenvalue weighted by molar-refractivity contribution is 0.0941. The molecule has 100 valence electrons. The van der Waals surface area contributed by atoms with Gasteiger partial charge in [-0.1, -0.05) is 23.7 Å². The van der Waals surface area contributed by atoms with Gasteiger partial charge in [0.15, 0.2) is 0 Å². The molecule has 1 atom stereocenters. The summed E-state index contributed by atoms with van der Waals surface area (Å²) in [6.07, 6.45) is 0.549. The van der Waals surface area contributed by atoms with E-state index in [1.807, 2.05) is 5.43 Å². The van der Waals surface area contributed by atoms with Gasteiger partial charge in [0.2, 0.25) is 5.82 Å². The summed E-state index contributed by atoms with van der Waals surface area (Å²) < 4.78 is 1.36. The molecule has 0 radical (unpaired) electrons. The molecule has 0 aliphatic carbocycles. The van der Waals surface area contributed by atoms with Gasteiger partial charge in [-0.15, -0.1) is 5.10 Å². The van der Waals surface area contributed by atoms with Gasteiger partial charge in [0.05, 0.1) is 12.6 Å². The van der Waals surface area contributed by atoms with Crippen molar-refractivity contribution in [2.75, 3.05) is 0 Å². The quantitative estimate of drug-likeness (QED) is 0.424. The molecule has 0 spiro atoms. The Balaban J connectivity index is 2.08. The number of rotatable bonds is 4. The first kappa shape index (κ1) is 13.5. The summed E-state index contributed by atoms with van der Waals surface area (Å²) in [6.45, 7) is 0.158. The van der Waals surface area contributed by atoms with E-state index in [0.717, 1.165) is 0 Å². The summed E-state index contributed by atoms with van der Waals surface area (Å²) in [6, 6.07) is 6.88. The van der Waals surface area contributed by atoms with Crippen LogP contribution in [0.3, 0.4) is 0 Å². The normalized spacial score (nSPS) is 12.2. The van der Waals surface area contributed by atoms with Crippen LogP contribution in [0.1, 0.15) is 22.3 Å². The molecule has 0 aliphatic heterocycles. The van der Waals surface area contributed by atoms with E-state index in [0.29, 0.717) is 10.6 Å². The van der Waals surface area contributed by atoms with Crippen LogP contribution in [0.4, 0.5) is 0 Å². The molecule has 0 saturated carbocycles. The van der Waals surface area contributed by atoms with E-state index in [-0.39, 0.29) is 12.4 Å². The van der Waals surface area contributed by atoms with Gasteiger partial charge < -0.3 is 5.11 Å². The molecule has 2 aromatic rings. The van der Waals surface area contributed by atoms with Gasteiger partial charge in [-0.2, -0.15) is 0 Å². The molecule has 8 heteroatoms. The second-order valence-electron chi connectivity index (χ2n) is 3.83. The van der Waals surface area contributed by atoms with Gasteiger partial charge in [0.25, 0.3) is 0 Å². The van der Waals surface area contributed by atoms with Crippen LogP contribution in [0.25, 0.3) is 0 Å². The minimum absolute atomic E-state index is 0.0548. The first-order chi connectivity index (χ1) is 9.10. The number of nitrogens with zero attached hydrogens (tertiary/aromatic N) is 3. The van der Waals surface area contributed by atoms with E-state index in [9.17, 15) is 9.90 Å². The molecular formula is C11H12ClN5O2. The average Bonchev–Trinajstić information content (AvgIpc) is 2.86. The minimum atomic E-state index is -0.797. The predicted molar refractivity (Wildman–Crippen MR) is 68.1 cm³/mol. The Labute approximate surface area is 114 Å². The van der Waals surface area contributed by atoms with Gasteiger partial charge in [0, 0.05) is 5.02 Å². The summed E-state index contributed by atoms with van der Waals surface area (Å²) in [7, 11) is 0. The fourth-order valence-corrected chi connectivity index (χ4v) is 1.75. The first-order valence-electron chi connectivity index (χ1n) is 5.44. The molecule has 1 unspecified atom stereocenters. The predicted octanol–water partition coefficient (Wildman–Crippen LogP) is 0.269. The number of hydrogen-bond donors (Lipinski definition) is 3. The van der Waals surface area contributed by atoms with Crippen LogP contribution < -0.4 is 11.3 Å². The van der Waals surface area contributed by atoms with Gasteiger partial charge in [0.1, 0.15) is 6.33 Å². The van der Waals surface area contributed by atoms with Crippen molar-refractivity contribution in [3.8, 4) is 0 Å². The SMILES string of the molecule is NNC(=O)c1ncn(CC(O)c2cccc(Cl)c2)n1. The zero-order chi connectivity index (χ0) is 13.8. The average molecular weight is 282 g/mol. The number of aromatic nitrogens is 3. The third-order valence-corrected chi connectivity index (χ3v) is 2.70. The lowest BCUT2D eigenvalue weighted by Crippen LogP contribution is -2.31. The molecule has 0 fully saturated rings. The molecule has 2 rings (SSSR count). The highest BCUT2D eigenvalue weighted by Crippen LogP contribution is 2.18. The maximum Gasteiger partial charge on any atom is 0.304 e. The van der Waals surface area contributed by atoms with Crippen LogP contribution >= 0.6 is 11.6 Å². The monoisotopic (exact) mass is 281 g/mol. The Bertz CT molecular complexity index is 586. The first-order valence-corrected chi connectivity index (χ1v) is 5.82. The second kappa shape index (κ2) is 5.79. The maximum absolute atomic E-state index is 11.2.